The number of ether oxygens (including phenoxy) is 1. The molecule has 0 aliphatic carbocycles. The van der Waals surface area contributed by atoms with E-state index in [0.29, 0.717) is 18.9 Å². The standard InChI is InChI=1S/C13H14FNO2/c1-15-8-12-6-7-13(17-12)9-16-11-4-2-10(14)3-5-11/h2-7,15H,8-9H2,1H3. The van der Waals surface area contributed by atoms with Crippen LogP contribution in [0.3, 0.4) is 0 Å². The van der Waals surface area contributed by atoms with Gasteiger partial charge in [-0.2, -0.15) is 0 Å². The van der Waals surface area contributed by atoms with Crippen LogP contribution in [0.2, 0.25) is 0 Å². The minimum absolute atomic E-state index is 0.272. The average Bonchev–Trinajstić information content (AvgIpc) is 2.77. The molecule has 1 heterocycles. The SMILES string of the molecule is CNCc1ccc(COc2ccc(F)cc2)o1. The molecule has 0 atom stereocenters. The molecule has 0 amide bonds. The lowest BCUT2D eigenvalue weighted by Gasteiger charge is -2.03. The molecule has 3 nitrogen and oxygen atoms in total. The van der Waals surface area contributed by atoms with E-state index in [0.717, 1.165) is 11.5 Å². The van der Waals surface area contributed by atoms with Crippen molar-refractivity contribution in [1.82, 2.24) is 5.32 Å². The Morgan fingerprint density at radius 1 is 1.12 bits per heavy atom. The van der Waals surface area contributed by atoms with Crippen LogP contribution in [0.25, 0.3) is 0 Å². The average molecular weight is 235 g/mol. The Labute approximate surface area is 99.2 Å². The molecule has 0 saturated carbocycles. The first kappa shape index (κ1) is 11.7. The van der Waals surface area contributed by atoms with E-state index in [1.807, 2.05) is 19.2 Å². The Morgan fingerprint density at radius 3 is 2.53 bits per heavy atom. The molecule has 90 valence electrons. The second kappa shape index (κ2) is 5.50. The van der Waals surface area contributed by atoms with Crippen LogP contribution in [0.4, 0.5) is 4.39 Å². The Bertz CT molecular complexity index is 465. The maximum Gasteiger partial charge on any atom is 0.146 e. The molecule has 1 N–H and O–H groups in total. The van der Waals surface area contributed by atoms with Gasteiger partial charge in [0.25, 0.3) is 0 Å². The minimum atomic E-state index is -0.272. The van der Waals surface area contributed by atoms with Crippen LogP contribution < -0.4 is 10.1 Å². The second-order valence-electron chi connectivity index (χ2n) is 3.64. The predicted molar refractivity (Wildman–Crippen MR) is 62.2 cm³/mol. The highest BCUT2D eigenvalue weighted by atomic mass is 19.1. The molecule has 1 aromatic heterocycles. The first-order valence-corrected chi connectivity index (χ1v) is 5.38. The van der Waals surface area contributed by atoms with E-state index in [1.165, 1.54) is 12.1 Å². The van der Waals surface area contributed by atoms with Crippen LogP contribution in [0.15, 0.2) is 40.8 Å². The van der Waals surface area contributed by atoms with Gasteiger partial charge in [-0.1, -0.05) is 0 Å². The van der Waals surface area contributed by atoms with Crippen LogP contribution in [-0.4, -0.2) is 7.05 Å². The highest BCUT2D eigenvalue weighted by Gasteiger charge is 2.02. The number of halogens is 1. The van der Waals surface area contributed by atoms with Crippen molar-refractivity contribution in [3.63, 3.8) is 0 Å². The van der Waals surface area contributed by atoms with Gasteiger partial charge in [-0.3, -0.25) is 0 Å². The third-order valence-electron chi connectivity index (χ3n) is 2.26. The van der Waals surface area contributed by atoms with Crippen LogP contribution in [0, 0.1) is 5.82 Å². The van der Waals surface area contributed by atoms with Crippen molar-refractivity contribution in [2.75, 3.05) is 7.05 Å². The number of benzene rings is 1. The van der Waals surface area contributed by atoms with Crippen molar-refractivity contribution in [2.45, 2.75) is 13.2 Å². The molecule has 0 radical (unpaired) electrons. The molecule has 0 unspecified atom stereocenters. The number of furan rings is 1. The van der Waals surface area contributed by atoms with E-state index in [9.17, 15) is 4.39 Å². The van der Waals surface area contributed by atoms with Gasteiger partial charge in [-0.25, -0.2) is 4.39 Å². The van der Waals surface area contributed by atoms with Gasteiger partial charge in [-0.05, 0) is 43.4 Å². The molecule has 0 spiro atoms. The van der Waals surface area contributed by atoms with Crippen LogP contribution >= 0.6 is 0 Å². The normalized spacial score (nSPS) is 10.5. The first-order chi connectivity index (χ1) is 8.28. The summed E-state index contributed by atoms with van der Waals surface area (Å²) in [5.41, 5.74) is 0. The lowest BCUT2D eigenvalue weighted by molar-refractivity contribution is 0.265. The first-order valence-electron chi connectivity index (χ1n) is 5.38. The number of hydrogen-bond acceptors (Lipinski definition) is 3. The molecule has 1 aromatic carbocycles. The maximum absolute atomic E-state index is 12.7. The largest absolute Gasteiger partial charge is 0.486 e. The van der Waals surface area contributed by atoms with Gasteiger partial charge in [0.2, 0.25) is 0 Å². The smallest absolute Gasteiger partial charge is 0.146 e. The predicted octanol–water partition coefficient (Wildman–Crippen LogP) is 2.72. The molecule has 0 saturated heterocycles. The summed E-state index contributed by atoms with van der Waals surface area (Å²) < 4.78 is 23.6. The van der Waals surface area contributed by atoms with E-state index >= 15 is 0 Å². The van der Waals surface area contributed by atoms with E-state index < -0.39 is 0 Å². The highest BCUT2D eigenvalue weighted by molar-refractivity contribution is 5.22. The van der Waals surface area contributed by atoms with Gasteiger partial charge >= 0.3 is 0 Å². The van der Waals surface area contributed by atoms with Crippen LogP contribution in [0.5, 0.6) is 5.75 Å². The fourth-order valence-corrected chi connectivity index (χ4v) is 1.45. The summed E-state index contributed by atoms with van der Waals surface area (Å²) in [5, 5.41) is 3.00. The Morgan fingerprint density at radius 2 is 1.82 bits per heavy atom. The summed E-state index contributed by atoms with van der Waals surface area (Å²) in [6, 6.07) is 9.68. The zero-order valence-electron chi connectivity index (χ0n) is 9.57. The number of hydrogen-bond donors (Lipinski definition) is 1. The monoisotopic (exact) mass is 235 g/mol. The molecule has 4 heteroatoms. The van der Waals surface area contributed by atoms with E-state index in [4.69, 9.17) is 9.15 Å². The van der Waals surface area contributed by atoms with Gasteiger partial charge < -0.3 is 14.5 Å². The fourth-order valence-electron chi connectivity index (χ4n) is 1.45. The van der Waals surface area contributed by atoms with Crippen LogP contribution in [0.1, 0.15) is 11.5 Å². The summed E-state index contributed by atoms with van der Waals surface area (Å²) in [4.78, 5) is 0. The van der Waals surface area contributed by atoms with Crippen molar-refractivity contribution in [3.8, 4) is 5.75 Å². The molecule has 0 aliphatic heterocycles. The zero-order chi connectivity index (χ0) is 12.1. The van der Waals surface area contributed by atoms with Crippen LogP contribution in [-0.2, 0) is 13.2 Å². The maximum atomic E-state index is 12.7. The summed E-state index contributed by atoms with van der Waals surface area (Å²) in [7, 11) is 1.86. The van der Waals surface area contributed by atoms with E-state index in [1.54, 1.807) is 12.1 Å². The van der Waals surface area contributed by atoms with Crippen molar-refractivity contribution < 1.29 is 13.5 Å². The van der Waals surface area contributed by atoms with Crippen molar-refractivity contribution in [2.24, 2.45) is 0 Å². The lowest BCUT2D eigenvalue weighted by Crippen LogP contribution is -2.03. The molecular weight excluding hydrogens is 221 g/mol. The highest BCUT2D eigenvalue weighted by Crippen LogP contribution is 2.14. The summed E-state index contributed by atoms with van der Waals surface area (Å²) in [6.45, 7) is 1.03. The molecule has 0 bridgehead atoms. The topological polar surface area (TPSA) is 34.4 Å². The van der Waals surface area contributed by atoms with E-state index in [2.05, 4.69) is 5.32 Å². The third-order valence-corrected chi connectivity index (χ3v) is 2.26. The molecular formula is C13H14FNO2. The summed E-state index contributed by atoms with van der Waals surface area (Å²) >= 11 is 0. The van der Waals surface area contributed by atoms with Gasteiger partial charge in [0.1, 0.15) is 29.7 Å². The molecule has 0 fully saturated rings. The third kappa shape index (κ3) is 3.32. The Hall–Kier alpha value is -1.81. The van der Waals surface area contributed by atoms with Crippen molar-refractivity contribution in [1.29, 1.82) is 0 Å². The number of rotatable bonds is 5. The molecule has 2 rings (SSSR count). The molecule has 2 aromatic rings. The quantitative estimate of drug-likeness (QED) is 0.865. The zero-order valence-corrected chi connectivity index (χ0v) is 9.57. The van der Waals surface area contributed by atoms with Gasteiger partial charge in [0, 0.05) is 0 Å². The lowest BCUT2D eigenvalue weighted by atomic mass is 10.3. The summed E-state index contributed by atoms with van der Waals surface area (Å²) in [5.74, 6) is 1.97. The number of nitrogens with one attached hydrogen (secondary N) is 1. The minimum Gasteiger partial charge on any atom is -0.486 e. The van der Waals surface area contributed by atoms with E-state index in [-0.39, 0.29) is 5.82 Å². The van der Waals surface area contributed by atoms with Crippen molar-refractivity contribution >= 4 is 0 Å². The summed E-state index contributed by atoms with van der Waals surface area (Å²) in [6.07, 6.45) is 0. The Balaban J connectivity index is 1.90. The molecule has 17 heavy (non-hydrogen) atoms. The molecule has 0 aliphatic rings. The van der Waals surface area contributed by atoms with Gasteiger partial charge in [0.15, 0.2) is 0 Å². The van der Waals surface area contributed by atoms with Gasteiger partial charge in [0.05, 0.1) is 6.54 Å². The van der Waals surface area contributed by atoms with Gasteiger partial charge in [-0.15, -0.1) is 0 Å². The second-order valence-corrected chi connectivity index (χ2v) is 3.64. The Kier molecular flexibility index (Phi) is 3.77. The van der Waals surface area contributed by atoms with Crippen molar-refractivity contribution in [3.05, 3.63) is 53.7 Å². The fraction of sp³-hybridized carbons (Fsp3) is 0.231.